The first-order valence-electron chi connectivity index (χ1n) is 16.1. The third kappa shape index (κ3) is 5.76. The topological polar surface area (TPSA) is 49.4 Å². The van der Waals surface area contributed by atoms with Crippen LogP contribution in [0.25, 0.3) is 22.3 Å². The zero-order valence-electron chi connectivity index (χ0n) is 26.3. The molecule has 0 radical (unpaired) electrons. The largest absolute Gasteiger partial charge is 0.249 e. The maximum absolute atomic E-state index is 5.56. The molecule has 4 aromatic carbocycles. The van der Waals surface area contributed by atoms with Gasteiger partial charge in [0.05, 0.1) is 45.6 Å². The molecule has 0 atom stereocenters. The minimum atomic E-state index is 0. The summed E-state index contributed by atoms with van der Waals surface area (Å²) in [5.41, 5.74) is 15.3. The number of aliphatic imine (C=N–C) groups is 4. The Labute approximate surface area is 296 Å². The second kappa shape index (κ2) is 12.9. The summed E-state index contributed by atoms with van der Waals surface area (Å²) in [6.07, 6.45) is 16.5. The van der Waals surface area contributed by atoms with Crippen LogP contribution in [0.4, 0.5) is 0 Å². The van der Waals surface area contributed by atoms with Crippen molar-refractivity contribution in [1.29, 1.82) is 0 Å². The van der Waals surface area contributed by atoms with E-state index in [1.54, 1.807) is 0 Å². The van der Waals surface area contributed by atoms with E-state index in [1.165, 1.54) is 0 Å². The molecule has 0 spiro atoms. The smallest absolute Gasteiger partial charge is 0.0822 e. The molecule has 5 heterocycles. The Kier molecular flexibility index (Phi) is 7.98. The normalized spacial score (nSPS) is 17.5. The van der Waals surface area contributed by atoms with Crippen molar-refractivity contribution in [1.82, 2.24) is 0 Å². The van der Waals surface area contributed by atoms with Gasteiger partial charge in [-0.05, 0) is 70.9 Å². The van der Waals surface area contributed by atoms with Crippen molar-refractivity contribution in [2.45, 2.75) is 0 Å². The van der Waals surface area contributed by atoms with Crippen LogP contribution in [0.2, 0.25) is 0 Å². The van der Waals surface area contributed by atoms with Gasteiger partial charge >= 0.3 is 0 Å². The van der Waals surface area contributed by atoms with E-state index in [2.05, 4.69) is 133 Å². The van der Waals surface area contributed by atoms with Crippen LogP contribution in [0.5, 0.6) is 0 Å². The van der Waals surface area contributed by atoms with E-state index >= 15 is 0 Å². The van der Waals surface area contributed by atoms with Crippen molar-refractivity contribution in [3.05, 3.63) is 215 Å². The van der Waals surface area contributed by atoms with Crippen molar-refractivity contribution >= 4 is 45.1 Å². The molecule has 5 aliphatic heterocycles. The standard InChI is InChI=1S/C44H28N4.Fe/c1-5-13-29(14-6-1)38-27-37-26-35-22-21-33(45-35)25-34-23-24-36(46-34)28-39-40(30-15-7-2-8-16-30)41(31-17-9-3-10-18-31)44(48-39)42(43(38)47-37)32-19-11-4-12-20-32;/h1-28H;. The molecule has 49 heavy (non-hydrogen) atoms. The van der Waals surface area contributed by atoms with E-state index in [0.717, 1.165) is 90.2 Å². The maximum atomic E-state index is 5.56. The number of hydrogen-bond acceptors (Lipinski definition) is 4. The maximum Gasteiger partial charge on any atom is 0.0822 e. The molecule has 8 bridgehead atoms. The third-order valence-corrected chi connectivity index (χ3v) is 8.75. The van der Waals surface area contributed by atoms with Crippen LogP contribution in [0.3, 0.4) is 0 Å². The summed E-state index contributed by atoms with van der Waals surface area (Å²) < 4.78 is 0. The third-order valence-electron chi connectivity index (χ3n) is 8.75. The molecule has 0 N–H and O–H groups in total. The summed E-state index contributed by atoms with van der Waals surface area (Å²) in [5, 5.41) is 0. The molecule has 0 saturated carbocycles. The summed E-state index contributed by atoms with van der Waals surface area (Å²) in [6.45, 7) is 0. The number of fused-ring (bicyclic) bond motifs is 4. The van der Waals surface area contributed by atoms with Gasteiger partial charge in [0.1, 0.15) is 0 Å². The predicted molar refractivity (Wildman–Crippen MR) is 200 cm³/mol. The van der Waals surface area contributed by atoms with Gasteiger partial charge in [-0.25, -0.2) is 20.0 Å². The van der Waals surface area contributed by atoms with E-state index in [4.69, 9.17) is 20.0 Å². The van der Waals surface area contributed by atoms with Crippen LogP contribution >= 0.6 is 0 Å². The average molecular weight is 669 g/mol. The molecule has 0 saturated heterocycles. The van der Waals surface area contributed by atoms with Gasteiger partial charge in [-0.15, -0.1) is 0 Å². The number of allylic oxidation sites excluding steroid dienone is 12. The molecule has 0 fully saturated rings. The van der Waals surface area contributed by atoms with E-state index in [-0.39, 0.29) is 17.1 Å². The summed E-state index contributed by atoms with van der Waals surface area (Å²) in [6, 6.07) is 42.1. The van der Waals surface area contributed by atoms with Crippen molar-refractivity contribution in [2.24, 2.45) is 20.0 Å². The van der Waals surface area contributed by atoms with Crippen LogP contribution in [-0.2, 0) is 17.1 Å². The Hall–Kier alpha value is -6.00. The van der Waals surface area contributed by atoms with Crippen LogP contribution in [0, 0.1) is 0 Å². The second-order valence-electron chi connectivity index (χ2n) is 11.9. The molecule has 0 aliphatic carbocycles. The summed E-state index contributed by atoms with van der Waals surface area (Å²) in [7, 11) is 0. The zero-order valence-corrected chi connectivity index (χ0v) is 27.4. The number of nitrogens with zero attached hydrogens (tertiary/aromatic N) is 4. The fourth-order valence-corrected chi connectivity index (χ4v) is 6.63. The van der Waals surface area contributed by atoms with Gasteiger partial charge in [0.2, 0.25) is 0 Å². The first-order valence-corrected chi connectivity index (χ1v) is 16.1. The Morgan fingerprint density at radius 3 is 1.39 bits per heavy atom. The van der Waals surface area contributed by atoms with E-state index in [1.807, 2.05) is 36.4 Å². The van der Waals surface area contributed by atoms with Gasteiger partial charge in [-0.2, -0.15) is 0 Å². The molecular weight excluding hydrogens is 640 g/mol. The second-order valence-corrected chi connectivity index (χ2v) is 11.9. The van der Waals surface area contributed by atoms with Crippen molar-refractivity contribution in [3.63, 3.8) is 0 Å². The van der Waals surface area contributed by atoms with Gasteiger partial charge in [0.15, 0.2) is 0 Å². The summed E-state index contributed by atoms with van der Waals surface area (Å²) >= 11 is 0. The van der Waals surface area contributed by atoms with Gasteiger partial charge in [-0.3, -0.25) is 0 Å². The van der Waals surface area contributed by atoms with E-state index < -0.39 is 0 Å². The molecule has 5 heteroatoms. The summed E-state index contributed by atoms with van der Waals surface area (Å²) in [4.78, 5) is 20.8. The molecule has 0 unspecified atom stereocenters. The Bertz CT molecular complexity index is 2380. The summed E-state index contributed by atoms with van der Waals surface area (Å²) in [5.74, 6) is 0. The average Bonchev–Trinajstić information content (AvgIpc) is 3.94. The first kappa shape index (κ1) is 30.3. The van der Waals surface area contributed by atoms with E-state index in [9.17, 15) is 0 Å². The SMILES string of the molecule is C1=CC2=NC1=CC1=NC(=C(c3ccccc3)C3=NC(=CC4=NC(=C2)C=C4)C=C3c2ccccc2)C(c2ccccc2)=C1c1ccccc1.[Fe]. The van der Waals surface area contributed by atoms with Crippen molar-refractivity contribution in [2.75, 3.05) is 0 Å². The monoisotopic (exact) mass is 668 g/mol. The van der Waals surface area contributed by atoms with Crippen molar-refractivity contribution in [3.8, 4) is 0 Å². The Morgan fingerprint density at radius 1 is 0.347 bits per heavy atom. The molecule has 0 aromatic heterocycles. The molecule has 0 amide bonds. The van der Waals surface area contributed by atoms with Gasteiger partial charge in [0.25, 0.3) is 0 Å². The number of hydrogen-bond donors (Lipinski definition) is 0. The number of rotatable bonds is 4. The molecule has 4 aromatic rings. The Morgan fingerprint density at radius 2 is 0.816 bits per heavy atom. The van der Waals surface area contributed by atoms with E-state index in [0.29, 0.717) is 0 Å². The van der Waals surface area contributed by atoms with Crippen LogP contribution < -0.4 is 0 Å². The minimum Gasteiger partial charge on any atom is -0.249 e. The molecule has 4 nitrogen and oxygen atoms in total. The van der Waals surface area contributed by atoms with Crippen LogP contribution in [-0.4, -0.2) is 22.8 Å². The van der Waals surface area contributed by atoms with Gasteiger partial charge < -0.3 is 0 Å². The molecular formula is C44H28FeN4. The fourth-order valence-electron chi connectivity index (χ4n) is 6.63. The van der Waals surface area contributed by atoms with Gasteiger partial charge in [0, 0.05) is 39.4 Å². The fraction of sp³-hybridized carbons (Fsp3) is 0. The minimum absolute atomic E-state index is 0. The predicted octanol–water partition coefficient (Wildman–Crippen LogP) is 9.69. The number of benzene rings is 4. The Balaban J connectivity index is 0.00000348. The molecule has 232 valence electrons. The zero-order chi connectivity index (χ0) is 31.9. The molecule has 5 aliphatic rings. The molecule has 9 rings (SSSR count). The van der Waals surface area contributed by atoms with Crippen molar-refractivity contribution < 1.29 is 17.1 Å². The van der Waals surface area contributed by atoms with Gasteiger partial charge in [-0.1, -0.05) is 121 Å². The van der Waals surface area contributed by atoms with Crippen LogP contribution in [0.15, 0.2) is 213 Å². The quantitative estimate of drug-likeness (QED) is 0.195. The first-order chi connectivity index (χ1) is 23.8. The van der Waals surface area contributed by atoms with Crippen LogP contribution in [0.1, 0.15) is 22.3 Å².